The van der Waals surface area contributed by atoms with Crippen LogP contribution in [0.3, 0.4) is 0 Å². The monoisotopic (exact) mass is 357 g/mol. The second-order valence-electron chi connectivity index (χ2n) is 6.08. The van der Waals surface area contributed by atoms with Crippen LogP contribution in [0.25, 0.3) is 0 Å². The molecule has 0 bridgehead atoms. The van der Waals surface area contributed by atoms with E-state index in [0.29, 0.717) is 29.7 Å². The fourth-order valence-electron chi connectivity index (χ4n) is 3.08. The first-order chi connectivity index (χ1) is 10.9. The summed E-state index contributed by atoms with van der Waals surface area (Å²) in [5.74, 6) is -1.51. The quantitative estimate of drug-likeness (QED) is 0.868. The van der Waals surface area contributed by atoms with E-state index in [1.54, 1.807) is 12.1 Å². The molecule has 0 aromatic heterocycles. The number of ether oxygens (including phenoxy) is 1. The first-order valence-electron chi connectivity index (χ1n) is 7.52. The topological polar surface area (TPSA) is 75.6 Å². The van der Waals surface area contributed by atoms with E-state index < -0.39 is 11.5 Å². The molecule has 1 saturated heterocycles. The maximum atomic E-state index is 12.5. The molecule has 0 radical (unpaired) electrons. The molecule has 2 unspecified atom stereocenters. The Balaban J connectivity index is 1.70. The molecule has 7 heteroatoms. The van der Waals surface area contributed by atoms with Crippen LogP contribution in [0.2, 0.25) is 10.0 Å². The third-order valence-corrected chi connectivity index (χ3v) is 5.46. The Bertz CT molecular complexity index is 643. The molecule has 2 aliphatic rings. The zero-order chi connectivity index (χ0) is 16.6. The Morgan fingerprint density at radius 1 is 1.26 bits per heavy atom. The molecule has 1 amide bonds. The van der Waals surface area contributed by atoms with Crippen LogP contribution in [-0.4, -0.2) is 35.7 Å². The van der Waals surface area contributed by atoms with Crippen molar-refractivity contribution in [2.24, 2.45) is 5.92 Å². The highest BCUT2D eigenvalue weighted by atomic mass is 35.5. The van der Waals surface area contributed by atoms with Crippen LogP contribution in [0, 0.1) is 5.92 Å². The van der Waals surface area contributed by atoms with Crippen molar-refractivity contribution in [3.05, 3.63) is 33.8 Å². The van der Waals surface area contributed by atoms with Crippen molar-refractivity contribution in [1.29, 1.82) is 0 Å². The SMILES string of the molecule is O=C(NC1(C(=O)O)CCOCC1)C1CC1c1cccc(Cl)c1Cl. The number of hydrogen-bond donors (Lipinski definition) is 2. The molecular formula is C16H17Cl2NO4. The maximum absolute atomic E-state index is 12.5. The zero-order valence-electron chi connectivity index (χ0n) is 12.4. The number of halogens is 2. The van der Waals surface area contributed by atoms with Gasteiger partial charge in [-0.3, -0.25) is 4.79 Å². The van der Waals surface area contributed by atoms with Crippen molar-refractivity contribution in [3.8, 4) is 0 Å². The second-order valence-corrected chi connectivity index (χ2v) is 6.87. The van der Waals surface area contributed by atoms with Gasteiger partial charge in [0.05, 0.1) is 10.0 Å². The molecule has 1 aromatic rings. The molecule has 23 heavy (non-hydrogen) atoms. The molecule has 2 atom stereocenters. The number of carbonyl (C=O) groups excluding carboxylic acids is 1. The molecule has 3 rings (SSSR count). The fraction of sp³-hybridized carbons (Fsp3) is 0.500. The van der Waals surface area contributed by atoms with Gasteiger partial charge in [0.1, 0.15) is 5.54 Å². The van der Waals surface area contributed by atoms with Crippen LogP contribution < -0.4 is 5.32 Å². The lowest BCUT2D eigenvalue weighted by atomic mass is 9.89. The van der Waals surface area contributed by atoms with Gasteiger partial charge in [-0.2, -0.15) is 0 Å². The standard InChI is InChI=1S/C16H17Cl2NO4/c17-12-3-1-2-9(13(12)18)10-8-11(10)14(20)19-16(15(21)22)4-6-23-7-5-16/h1-3,10-11H,4-8H2,(H,19,20)(H,21,22). The van der Waals surface area contributed by atoms with Gasteiger partial charge in [-0.1, -0.05) is 35.3 Å². The van der Waals surface area contributed by atoms with Crippen LogP contribution in [0.15, 0.2) is 18.2 Å². The van der Waals surface area contributed by atoms with Crippen LogP contribution in [0.4, 0.5) is 0 Å². The van der Waals surface area contributed by atoms with Crippen molar-refractivity contribution in [2.75, 3.05) is 13.2 Å². The summed E-state index contributed by atoms with van der Waals surface area (Å²) in [6.07, 6.45) is 1.21. The largest absolute Gasteiger partial charge is 0.480 e. The maximum Gasteiger partial charge on any atom is 0.329 e. The van der Waals surface area contributed by atoms with Crippen LogP contribution in [0.5, 0.6) is 0 Å². The minimum Gasteiger partial charge on any atom is -0.480 e. The average molecular weight is 358 g/mol. The van der Waals surface area contributed by atoms with Gasteiger partial charge in [0, 0.05) is 32.0 Å². The molecule has 124 valence electrons. The lowest BCUT2D eigenvalue weighted by Crippen LogP contribution is -2.57. The highest BCUT2D eigenvalue weighted by Gasteiger charge is 2.49. The Kier molecular flexibility index (Phi) is 4.54. The summed E-state index contributed by atoms with van der Waals surface area (Å²) >= 11 is 12.2. The van der Waals surface area contributed by atoms with Crippen molar-refractivity contribution in [1.82, 2.24) is 5.32 Å². The Morgan fingerprint density at radius 3 is 2.61 bits per heavy atom. The van der Waals surface area contributed by atoms with Crippen LogP contribution in [-0.2, 0) is 14.3 Å². The lowest BCUT2D eigenvalue weighted by Gasteiger charge is -2.34. The molecule has 1 aromatic carbocycles. The lowest BCUT2D eigenvalue weighted by molar-refractivity contribution is -0.152. The number of carboxylic acids is 1. The number of carboxylic acid groups (broad SMARTS) is 1. The minimum atomic E-state index is -1.22. The summed E-state index contributed by atoms with van der Waals surface area (Å²) in [5, 5.41) is 13.2. The molecule has 5 nitrogen and oxygen atoms in total. The van der Waals surface area contributed by atoms with E-state index >= 15 is 0 Å². The summed E-state index contributed by atoms with van der Waals surface area (Å²) < 4.78 is 5.21. The van der Waals surface area contributed by atoms with E-state index in [4.69, 9.17) is 27.9 Å². The minimum absolute atomic E-state index is 0.00751. The highest BCUT2D eigenvalue weighted by molar-refractivity contribution is 6.42. The average Bonchev–Trinajstić information content (AvgIpc) is 3.31. The van der Waals surface area contributed by atoms with E-state index in [-0.39, 0.29) is 30.6 Å². The first kappa shape index (κ1) is 16.6. The molecule has 2 fully saturated rings. The Hall–Kier alpha value is -1.30. The van der Waals surface area contributed by atoms with Crippen molar-refractivity contribution in [3.63, 3.8) is 0 Å². The van der Waals surface area contributed by atoms with E-state index in [1.165, 1.54) is 0 Å². The zero-order valence-corrected chi connectivity index (χ0v) is 13.9. The summed E-state index contributed by atoms with van der Waals surface area (Å²) in [6, 6.07) is 5.36. The summed E-state index contributed by atoms with van der Waals surface area (Å²) in [5.41, 5.74) is -0.378. The Labute approximate surface area is 143 Å². The normalized spacial score (nSPS) is 25.7. The van der Waals surface area contributed by atoms with Crippen molar-refractivity contribution < 1.29 is 19.4 Å². The highest BCUT2D eigenvalue weighted by Crippen LogP contribution is 2.51. The van der Waals surface area contributed by atoms with Gasteiger partial charge in [-0.15, -0.1) is 0 Å². The van der Waals surface area contributed by atoms with Gasteiger partial charge >= 0.3 is 5.97 Å². The number of carbonyl (C=O) groups is 2. The van der Waals surface area contributed by atoms with E-state index in [2.05, 4.69) is 5.32 Å². The molecule has 2 N–H and O–H groups in total. The third-order valence-electron chi connectivity index (χ3n) is 4.63. The third kappa shape index (κ3) is 3.18. The van der Waals surface area contributed by atoms with Crippen LogP contribution >= 0.6 is 23.2 Å². The van der Waals surface area contributed by atoms with Gasteiger partial charge < -0.3 is 15.2 Å². The molecule has 1 heterocycles. The molecular weight excluding hydrogens is 341 g/mol. The number of nitrogens with one attached hydrogen (secondary N) is 1. The van der Waals surface area contributed by atoms with E-state index in [0.717, 1.165) is 5.56 Å². The molecule has 1 saturated carbocycles. The number of aliphatic carboxylic acids is 1. The number of hydrogen-bond acceptors (Lipinski definition) is 3. The number of amides is 1. The molecule has 0 spiro atoms. The first-order valence-corrected chi connectivity index (χ1v) is 8.27. The van der Waals surface area contributed by atoms with Crippen LogP contribution in [0.1, 0.15) is 30.7 Å². The predicted octanol–water partition coefficient (Wildman–Crippen LogP) is 2.85. The summed E-state index contributed by atoms with van der Waals surface area (Å²) in [4.78, 5) is 24.1. The van der Waals surface area contributed by atoms with Crippen molar-refractivity contribution in [2.45, 2.75) is 30.7 Å². The van der Waals surface area contributed by atoms with Gasteiger partial charge in [-0.05, 0) is 24.0 Å². The summed E-state index contributed by atoms with van der Waals surface area (Å²) in [7, 11) is 0. The number of rotatable bonds is 4. The van der Waals surface area contributed by atoms with E-state index in [9.17, 15) is 14.7 Å². The van der Waals surface area contributed by atoms with Gasteiger partial charge in [-0.25, -0.2) is 4.79 Å². The smallest absolute Gasteiger partial charge is 0.329 e. The van der Waals surface area contributed by atoms with Gasteiger partial charge in [0.15, 0.2) is 0 Å². The fourth-order valence-corrected chi connectivity index (χ4v) is 3.52. The Morgan fingerprint density at radius 2 is 1.96 bits per heavy atom. The van der Waals surface area contributed by atoms with Crippen molar-refractivity contribution >= 4 is 35.1 Å². The predicted molar refractivity (Wildman–Crippen MR) is 85.9 cm³/mol. The summed E-state index contributed by atoms with van der Waals surface area (Å²) in [6.45, 7) is 0.668. The number of benzene rings is 1. The van der Waals surface area contributed by atoms with Gasteiger partial charge in [0.25, 0.3) is 0 Å². The molecule has 1 aliphatic carbocycles. The van der Waals surface area contributed by atoms with E-state index in [1.807, 2.05) is 6.07 Å². The second kappa shape index (κ2) is 6.30. The molecule has 1 aliphatic heterocycles. The van der Waals surface area contributed by atoms with Gasteiger partial charge in [0.2, 0.25) is 5.91 Å².